The number of benzene rings is 2. The number of aryl methyl sites for hydroxylation is 2. The van der Waals surface area contributed by atoms with Gasteiger partial charge >= 0.3 is 6.03 Å². The van der Waals surface area contributed by atoms with E-state index in [9.17, 15) is 28.3 Å². The van der Waals surface area contributed by atoms with Gasteiger partial charge in [0.25, 0.3) is 11.5 Å². The zero-order valence-electron chi connectivity index (χ0n) is 21.9. The summed E-state index contributed by atoms with van der Waals surface area (Å²) in [6.45, 7) is 3.61. The maximum Gasteiger partial charge on any atom is 0.323 e. The van der Waals surface area contributed by atoms with Gasteiger partial charge in [0.2, 0.25) is 0 Å². The van der Waals surface area contributed by atoms with Gasteiger partial charge in [-0.15, -0.1) is 0 Å². The van der Waals surface area contributed by atoms with Gasteiger partial charge in [0.05, 0.1) is 24.9 Å². The van der Waals surface area contributed by atoms with Gasteiger partial charge in [-0.05, 0) is 61.4 Å². The second-order valence-corrected chi connectivity index (χ2v) is 9.42. The van der Waals surface area contributed by atoms with Gasteiger partial charge in [0.15, 0.2) is 17.3 Å². The molecule has 0 saturated carbocycles. The number of urea groups is 1. The number of aromatic nitrogens is 3. The lowest BCUT2D eigenvalue weighted by atomic mass is 10.2. The average Bonchev–Trinajstić information content (AvgIpc) is 2.89. The highest BCUT2D eigenvalue weighted by atomic mass is 19.1. The second kappa shape index (κ2) is 11.1. The highest BCUT2D eigenvalue weighted by Gasteiger charge is 2.29. The van der Waals surface area contributed by atoms with Crippen LogP contribution in [0.3, 0.4) is 0 Å². The van der Waals surface area contributed by atoms with E-state index in [1.165, 1.54) is 59.6 Å². The largest absolute Gasteiger partial charge is 0.454 e. The molecule has 41 heavy (non-hydrogen) atoms. The number of ether oxygens (including phenoxy) is 1. The maximum absolute atomic E-state index is 14.9. The molecule has 1 aliphatic rings. The van der Waals surface area contributed by atoms with E-state index in [2.05, 4.69) is 20.7 Å². The predicted molar refractivity (Wildman–Crippen MR) is 145 cm³/mol. The van der Waals surface area contributed by atoms with Gasteiger partial charge < -0.3 is 20.1 Å². The number of hydrogen-bond acceptors (Lipinski definition) is 7. The summed E-state index contributed by atoms with van der Waals surface area (Å²) in [5, 5.41) is 18.7. The van der Waals surface area contributed by atoms with Crippen molar-refractivity contribution in [3.8, 4) is 17.2 Å². The molecule has 1 fully saturated rings. The first-order valence-corrected chi connectivity index (χ1v) is 12.4. The van der Waals surface area contributed by atoms with Gasteiger partial charge in [-0.3, -0.25) is 14.9 Å². The van der Waals surface area contributed by atoms with E-state index in [0.717, 1.165) is 10.7 Å². The summed E-state index contributed by atoms with van der Waals surface area (Å²) < 4.78 is 35.1. The molecule has 0 spiro atoms. The molecule has 0 aliphatic carbocycles. The van der Waals surface area contributed by atoms with E-state index in [1.807, 2.05) is 0 Å². The Kier molecular flexibility index (Phi) is 7.44. The molecule has 4 aromatic rings. The second-order valence-electron chi connectivity index (χ2n) is 9.42. The molecular weight excluding hydrogens is 538 g/mol. The van der Waals surface area contributed by atoms with Crippen molar-refractivity contribution in [2.24, 2.45) is 0 Å². The number of nitrogens with zero attached hydrogens (tertiary/aromatic N) is 4. The zero-order valence-corrected chi connectivity index (χ0v) is 21.9. The Morgan fingerprint density at radius 3 is 2.49 bits per heavy atom. The van der Waals surface area contributed by atoms with Crippen LogP contribution in [-0.4, -0.2) is 55.9 Å². The number of halogens is 2. The van der Waals surface area contributed by atoms with Crippen molar-refractivity contribution < 1.29 is 28.2 Å². The molecule has 13 heteroatoms. The minimum Gasteiger partial charge on any atom is -0.454 e. The van der Waals surface area contributed by atoms with Crippen LogP contribution in [0.5, 0.6) is 11.5 Å². The van der Waals surface area contributed by atoms with Crippen LogP contribution in [0.1, 0.15) is 21.6 Å². The molecule has 11 nitrogen and oxygen atoms in total. The predicted octanol–water partition coefficient (Wildman–Crippen LogP) is 3.78. The molecule has 0 bridgehead atoms. The molecule has 3 amide bonds. The number of nitrogens with one attached hydrogen (secondary N) is 2. The van der Waals surface area contributed by atoms with Crippen molar-refractivity contribution in [2.45, 2.75) is 20.0 Å². The van der Waals surface area contributed by atoms with Gasteiger partial charge in [-0.2, -0.15) is 9.78 Å². The minimum absolute atomic E-state index is 0.0758. The normalized spacial score (nSPS) is 13.0. The number of aliphatic hydroxyl groups excluding tert-OH is 1. The SMILES string of the molecule is Cc1cc(F)ccc1-n1nc(C(=O)Nc2ccc(Oc3ccnc(NC(=O)N4CC(O)C4)c3)c(F)c2)c(C)cc1=O. The summed E-state index contributed by atoms with van der Waals surface area (Å²) in [5.74, 6) is -1.71. The molecule has 0 unspecified atom stereocenters. The molecular formula is C28H24F2N6O5. The number of carbonyl (C=O) groups excluding carboxylic acids is 2. The Bertz CT molecular complexity index is 1720. The average molecular weight is 563 g/mol. The number of hydrogen-bond donors (Lipinski definition) is 3. The van der Waals surface area contributed by atoms with E-state index in [1.54, 1.807) is 13.8 Å². The quantitative estimate of drug-likeness (QED) is 0.325. The highest BCUT2D eigenvalue weighted by Crippen LogP contribution is 2.28. The lowest BCUT2D eigenvalue weighted by molar-refractivity contribution is 0.0308. The number of aliphatic hydroxyl groups is 1. The lowest BCUT2D eigenvalue weighted by Gasteiger charge is -2.35. The summed E-state index contributed by atoms with van der Waals surface area (Å²) in [7, 11) is 0. The third-order valence-electron chi connectivity index (χ3n) is 6.26. The molecule has 1 saturated heterocycles. The molecule has 210 valence electrons. The summed E-state index contributed by atoms with van der Waals surface area (Å²) in [6.07, 6.45) is 0.838. The van der Waals surface area contributed by atoms with E-state index in [0.29, 0.717) is 16.8 Å². The summed E-state index contributed by atoms with van der Waals surface area (Å²) in [4.78, 5) is 43.1. The van der Waals surface area contributed by atoms with Crippen molar-refractivity contribution >= 4 is 23.4 Å². The first-order valence-electron chi connectivity index (χ1n) is 12.4. The maximum atomic E-state index is 14.9. The number of pyridine rings is 1. The first-order chi connectivity index (χ1) is 19.6. The minimum atomic E-state index is -0.781. The molecule has 0 radical (unpaired) electrons. The van der Waals surface area contributed by atoms with Crippen LogP contribution in [0.25, 0.3) is 5.69 Å². The van der Waals surface area contributed by atoms with Crippen LogP contribution in [0.2, 0.25) is 0 Å². The third kappa shape index (κ3) is 6.04. The fourth-order valence-corrected chi connectivity index (χ4v) is 4.13. The summed E-state index contributed by atoms with van der Waals surface area (Å²) in [5.41, 5.74) is 0.599. The number of anilines is 2. The smallest absolute Gasteiger partial charge is 0.323 e. The zero-order chi connectivity index (χ0) is 29.3. The number of β-amino-alcohol motifs (C(OH)–C–C–N with tert-alkyl or cyclic N) is 1. The van der Waals surface area contributed by atoms with Crippen molar-refractivity contribution in [2.75, 3.05) is 23.7 Å². The lowest BCUT2D eigenvalue weighted by Crippen LogP contribution is -2.54. The van der Waals surface area contributed by atoms with Gasteiger partial charge in [-0.25, -0.2) is 18.6 Å². The fraction of sp³-hybridized carbons (Fsp3) is 0.179. The van der Waals surface area contributed by atoms with E-state index >= 15 is 0 Å². The van der Waals surface area contributed by atoms with Crippen LogP contribution < -0.4 is 20.9 Å². The summed E-state index contributed by atoms with van der Waals surface area (Å²) in [6, 6.07) is 11.3. The number of carbonyl (C=O) groups is 2. The van der Waals surface area contributed by atoms with Crippen molar-refractivity contribution in [1.82, 2.24) is 19.7 Å². The van der Waals surface area contributed by atoms with E-state index < -0.39 is 35.2 Å². The molecule has 3 heterocycles. The van der Waals surface area contributed by atoms with Crippen LogP contribution >= 0.6 is 0 Å². The molecule has 2 aromatic heterocycles. The molecule has 2 aromatic carbocycles. The van der Waals surface area contributed by atoms with Crippen LogP contribution in [0, 0.1) is 25.5 Å². The third-order valence-corrected chi connectivity index (χ3v) is 6.26. The Morgan fingerprint density at radius 1 is 1.00 bits per heavy atom. The number of amides is 3. The number of likely N-dealkylation sites (tertiary alicyclic amines) is 1. The molecule has 3 N–H and O–H groups in total. The van der Waals surface area contributed by atoms with Gasteiger partial charge in [-0.1, -0.05) is 0 Å². The van der Waals surface area contributed by atoms with E-state index in [4.69, 9.17) is 4.74 Å². The molecule has 0 atom stereocenters. The Balaban J connectivity index is 1.29. The topological polar surface area (TPSA) is 139 Å². The van der Waals surface area contributed by atoms with Crippen LogP contribution in [-0.2, 0) is 0 Å². The Hall–Kier alpha value is -5.17. The Morgan fingerprint density at radius 2 is 1.78 bits per heavy atom. The molecule has 5 rings (SSSR count). The molecule has 1 aliphatic heterocycles. The van der Waals surface area contributed by atoms with Crippen molar-refractivity contribution in [3.63, 3.8) is 0 Å². The number of rotatable bonds is 6. The monoisotopic (exact) mass is 562 g/mol. The first kappa shape index (κ1) is 27.4. The van der Waals surface area contributed by atoms with Gasteiger partial charge in [0, 0.05) is 30.1 Å². The van der Waals surface area contributed by atoms with E-state index in [-0.39, 0.29) is 41.8 Å². The highest BCUT2D eigenvalue weighted by molar-refractivity contribution is 6.03. The van der Waals surface area contributed by atoms with Crippen LogP contribution in [0.4, 0.5) is 25.1 Å². The van der Waals surface area contributed by atoms with Crippen molar-refractivity contribution in [1.29, 1.82) is 0 Å². The fourth-order valence-electron chi connectivity index (χ4n) is 4.13. The van der Waals surface area contributed by atoms with Crippen LogP contribution in [0.15, 0.2) is 65.6 Å². The standard InChI is InChI=1S/C28H24F2N6O5/c1-15-9-17(29)3-5-22(15)36-25(38)10-16(2)26(34-36)27(39)32-18-4-6-23(21(30)11-18)41-20-7-8-31-24(12-20)33-28(40)35-13-19(37)14-35/h3-12,19,37H,13-14H2,1-2H3,(H,32,39)(H,31,33,40). The summed E-state index contributed by atoms with van der Waals surface area (Å²) >= 11 is 0. The van der Waals surface area contributed by atoms with Crippen molar-refractivity contribution in [3.05, 3.63) is 99.6 Å². The Labute approximate surface area is 232 Å². The van der Waals surface area contributed by atoms with Gasteiger partial charge in [0.1, 0.15) is 17.4 Å².